The molecule has 0 saturated heterocycles. The first-order valence-electron chi connectivity index (χ1n) is 5.35. The van der Waals surface area contributed by atoms with Crippen molar-refractivity contribution in [2.45, 2.75) is 0 Å². The maximum Gasteiger partial charge on any atom is 0.123 e. The first-order valence-corrected chi connectivity index (χ1v) is 6.64. The molecule has 86 valence electrons. The van der Waals surface area contributed by atoms with Crippen LogP contribution < -0.4 is 0 Å². The van der Waals surface area contributed by atoms with Crippen LogP contribution in [-0.2, 0) is 0 Å². The summed E-state index contributed by atoms with van der Waals surface area (Å²) in [5.41, 5.74) is 3.07. The van der Waals surface area contributed by atoms with Crippen molar-refractivity contribution in [3.8, 4) is 0 Å². The van der Waals surface area contributed by atoms with E-state index in [1.54, 1.807) is 23.9 Å². The average Bonchev–Trinajstić information content (AvgIpc) is 2.37. The largest absolute Gasteiger partial charge is 0.207 e. The third-order valence-corrected chi connectivity index (χ3v) is 2.93. The number of benzene rings is 2. The molecule has 0 spiro atoms. The summed E-state index contributed by atoms with van der Waals surface area (Å²) in [6, 6.07) is 16.7. The van der Waals surface area contributed by atoms with Gasteiger partial charge in [0, 0.05) is 0 Å². The number of hydrogen-bond acceptors (Lipinski definition) is 1. The monoisotopic (exact) mass is 244 g/mol. The quantitative estimate of drug-likeness (QED) is 0.761. The zero-order valence-corrected chi connectivity index (χ0v) is 10.4. The molecule has 0 amide bonds. The normalized spacial score (nSPS) is 11.5. The highest BCUT2D eigenvalue weighted by atomic mass is 32.2. The smallest absolute Gasteiger partial charge is 0.123 e. The summed E-state index contributed by atoms with van der Waals surface area (Å²) in [5, 5.41) is 2.05. The standard InChI is InChI=1S/C15H13FS/c1-17-11-15(12-6-3-2-4-7-12)13-8-5-9-14(16)10-13/h2-11H,1H3. The van der Waals surface area contributed by atoms with Gasteiger partial charge in [-0.2, -0.15) is 0 Å². The number of thioether (sulfide) groups is 1. The fourth-order valence-corrected chi connectivity index (χ4v) is 2.20. The molecular formula is C15H13FS. The topological polar surface area (TPSA) is 0 Å². The predicted octanol–water partition coefficient (Wildman–Crippen LogP) is 4.58. The summed E-state index contributed by atoms with van der Waals surface area (Å²) in [6.07, 6.45) is 2.00. The fourth-order valence-electron chi connectivity index (χ4n) is 1.69. The van der Waals surface area contributed by atoms with Gasteiger partial charge in [-0.15, -0.1) is 11.8 Å². The van der Waals surface area contributed by atoms with Gasteiger partial charge in [0.2, 0.25) is 0 Å². The minimum atomic E-state index is -0.203. The second-order valence-corrected chi connectivity index (χ2v) is 4.35. The number of halogens is 1. The van der Waals surface area contributed by atoms with Crippen LogP contribution in [0.4, 0.5) is 4.39 Å². The van der Waals surface area contributed by atoms with Crippen LogP contribution in [-0.4, -0.2) is 6.26 Å². The Balaban J connectivity index is 2.47. The molecule has 0 aliphatic carbocycles. The molecule has 17 heavy (non-hydrogen) atoms. The van der Waals surface area contributed by atoms with E-state index in [2.05, 4.69) is 0 Å². The molecule has 0 radical (unpaired) electrons. The van der Waals surface area contributed by atoms with Crippen molar-refractivity contribution in [3.05, 3.63) is 76.9 Å². The molecule has 2 aromatic rings. The van der Waals surface area contributed by atoms with E-state index in [4.69, 9.17) is 0 Å². The van der Waals surface area contributed by atoms with E-state index in [1.807, 2.05) is 48.1 Å². The highest BCUT2D eigenvalue weighted by Crippen LogP contribution is 2.25. The SMILES string of the molecule is CSC=C(c1ccccc1)c1cccc(F)c1. The maximum atomic E-state index is 13.2. The van der Waals surface area contributed by atoms with E-state index < -0.39 is 0 Å². The predicted molar refractivity (Wildman–Crippen MR) is 73.4 cm³/mol. The van der Waals surface area contributed by atoms with Gasteiger partial charge in [-0.3, -0.25) is 0 Å². The number of hydrogen-bond donors (Lipinski definition) is 0. The molecule has 0 atom stereocenters. The van der Waals surface area contributed by atoms with Crippen LogP contribution >= 0.6 is 11.8 Å². The minimum absolute atomic E-state index is 0.203. The molecule has 2 rings (SSSR count). The van der Waals surface area contributed by atoms with E-state index in [-0.39, 0.29) is 5.82 Å². The van der Waals surface area contributed by atoms with Crippen molar-refractivity contribution < 1.29 is 4.39 Å². The highest BCUT2D eigenvalue weighted by molar-refractivity contribution is 8.01. The van der Waals surface area contributed by atoms with Crippen LogP contribution in [0.25, 0.3) is 5.57 Å². The van der Waals surface area contributed by atoms with Crippen LogP contribution in [0.1, 0.15) is 11.1 Å². The summed E-state index contributed by atoms with van der Waals surface area (Å²) in [4.78, 5) is 0. The van der Waals surface area contributed by atoms with Crippen LogP contribution in [0.15, 0.2) is 60.0 Å². The molecule has 0 bridgehead atoms. The van der Waals surface area contributed by atoms with Crippen LogP contribution in [0.5, 0.6) is 0 Å². The Bertz CT molecular complexity index is 517. The van der Waals surface area contributed by atoms with Gasteiger partial charge < -0.3 is 0 Å². The molecule has 0 aromatic heterocycles. The van der Waals surface area contributed by atoms with Gasteiger partial charge in [-0.05, 0) is 40.5 Å². The summed E-state index contributed by atoms with van der Waals surface area (Å²) in [6.45, 7) is 0. The molecule has 0 unspecified atom stereocenters. The van der Waals surface area contributed by atoms with Crippen molar-refractivity contribution in [1.82, 2.24) is 0 Å². The van der Waals surface area contributed by atoms with E-state index in [0.717, 1.165) is 16.7 Å². The Morgan fingerprint density at radius 1 is 1.00 bits per heavy atom. The molecule has 2 heteroatoms. The lowest BCUT2D eigenvalue weighted by Gasteiger charge is -2.08. The lowest BCUT2D eigenvalue weighted by Crippen LogP contribution is -1.88. The summed E-state index contributed by atoms with van der Waals surface area (Å²) in [7, 11) is 0. The molecule has 0 fully saturated rings. The average molecular weight is 244 g/mol. The summed E-state index contributed by atoms with van der Waals surface area (Å²) >= 11 is 1.62. The van der Waals surface area contributed by atoms with Crippen molar-refractivity contribution in [3.63, 3.8) is 0 Å². The van der Waals surface area contributed by atoms with Crippen LogP contribution in [0, 0.1) is 5.82 Å². The molecule has 0 heterocycles. The molecule has 0 saturated carbocycles. The van der Waals surface area contributed by atoms with Gasteiger partial charge in [-0.25, -0.2) is 4.39 Å². The zero-order chi connectivity index (χ0) is 12.1. The zero-order valence-electron chi connectivity index (χ0n) is 9.56. The van der Waals surface area contributed by atoms with Crippen molar-refractivity contribution in [1.29, 1.82) is 0 Å². The molecule has 0 N–H and O–H groups in total. The van der Waals surface area contributed by atoms with Crippen molar-refractivity contribution >= 4 is 17.3 Å². The Hall–Kier alpha value is -1.54. The molecule has 0 nitrogen and oxygen atoms in total. The van der Waals surface area contributed by atoms with E-state index in [0.29, 0.717) is 0 Å². The van der Waals surface area contributed by atoms with Gasteiger partial charge in [0.15, 0.2) is 0 Å². The molecular weight excluding hydrogens is 231 g/mol. The Labute approximate surface area is 105 Å². The minimum Gasteiger partial charge on any atom is -0.207 e. The van der Waals surface area contributed by atoms with Gasteiger partial charge in [0.1, 0.15) is 5.82 Å². The Morgan fingerprint density at radius 3 is 2.35 bits per heavy atom. The van der Waals surface area contributed by atoms with Crippen molar-refractivity contribution in [2.75, 3.05) is 6.26 Å². The fraction of sp³-hybridized carbons (Fsp3) is 0.0667. The van der Waals surface area contributed by atoms with Crippen molar-refractivity contribution in [2.24, 2.45) is 0 Å². The lowest BCUT2D eigenvalue weighted by molar-refractivity contribution is 0.627. The second kappa shape index (κ2) is 5.69. The first kappa shape index (κ1) is 11.9. The Kier molecular flexibility index (Phi) is 3.99. The van der Waals surface area contributed by atoms with Gasteiger partial charge >= 0.3 is 0 Å². The first-order chi connectivity index (χ1) is 8.31. The van der Waals surface area contributed by atoms with Gasteiger partial charge in [0.05, 0.1) is 0 Å². The number of rotatable bonds is 3. The maximum absolute atomic E-state index is 13.2. The lowest BCUT2D eigenvalue weighted by atomic mass is 10.00. The van der Waals surface area contributed by atoms with E-state index >= 15 is 0 Å². The van der Waals surface area contributed by atoms with E-state index in [1.165, 1.54) is 6.07 Å². The highest BCUT2D eigenvalue weighted by Gasteiger charge is 2.04. The molecule has 2 aromatic carbocycles. The molecule has 0 aliphatic heterocycles. The van der Waals surface area contributed by atoms with E-state index in [9.17, 15) is 4.39 Å². The molecule has 0 aliphatic rings. The van der Waals surface area contributed by atoms with Crippen LogP contribution in [0.3, 0.4) is 0 Å². The van der Waals surface area contributed by atoms with Crippen LogP contribution in [0.2, 0.25) is 0 Å². The second-order valence-electron chi connectivity index (χ2n) is 3.64. The van der Waals surface area contributed by atoms with Gasteiger partial charge in [0.25, 0.3) is 0 Å². The van der Waals surface area contributed by atoms with Gasteiger partial charge in [-0.1, -0.05) is 42.5 Å². The Morgan fingerprint density at radius 2 is 1.71 bits per heavy atom. The third kappa shape index (κ3) is 2.98. The summed E-state index contributed by atoms with van der Waals surface area (Å²) < 4.78 is 13.2. The third-order valence-electron chi connectivity index (χ3n) is 2.46. The summed E-state index contributed by atoms with van der Waals surface area (Å²) in [5.74, 6) is -0.203.